The van der Waals surface area contributed by atoms with Crippen LogP contribution in [0.3, 0.4) is 0 Å². The molecule has 1 rings (SSSR count). The third-order valence-corrected chi connectivity index (χ3v) is 4.96. The molecule has 0 saturated carbocycles. The molecule has 0 radical (unpaired) electrons. The number of unbranched alkanes of at least 4 members (excludes halogenated alkanes) is 8. The maximum absolute atomic E-state index is 11.5. The fraction of sp³-hybridized carbons (Fsp3) is 0.720. The number of esters is 1. The van der Waals surface area contributed by atoms with Crippen LogP contribution in [0.15, 0.2) is 24.3 Å². The largest absolute Gasteiger partial charge is 0.491 e. The summed E-state index contributed by atoms with van der Waals surface area (Å²) in [5.41, 5.74) is 1.38. The topological polar surface area (TPSA) is 44.8 Å². The van der Waals surface area contributed by atoms with E-state index < -0.39 is 0 Å². The minimum atomic E-state index is -0.130. The van der Waals surface area contributed by atoms with Gasteiger partial charge in [0.2, 0.25) is 0 Å². The van der Waals surface area contributed by atoms with Crippen molar-refractivity contribution in [1.29, 1.82) is 0 Å². The molecule has 0 atom stereocenters. The smallest absolute Gasteiger partial charge is 0.305 e. The van der Waals surface area contributed by atoms with E-state index in [0.717, 1.165) is 31.4 Å². The third kappa shape index (κ3) is 15.0. The highest BCUT2D eigenvalue weighted by molar-refractivity contribution is 5.69. The summed E-state index contributed by atoms with van der Waals surface area (Å²) in [6, 6.07) is 8.39. The molecule has 4 nitrogen and oxygen atoms in total. The van der Waals surface area contributed by atoms with Gasteiger partial charge in [0.15, 0.2) is 0 Å². The number of carbonyl (C=O) groups excluding carboxylic acids is 1. The molecule has 0 saturated heterocycles. The normalized spacial score (nSPS) is 10.8. The molecule has 0 fully saturated rings. The molecule has 1 aromatic carbocycles. The Kier molecular flexibility index (Phi) is 16.2. The highest BCUT2D eigenvalue weighted by Crippen LogP contribution is 2.15. The highest BCUT2D eigenvalue weighted by Gasteiger charge is 2.02. The molecule has 4 heteroatoms. The maximum atomic E-state index is 11.5. The monoisotopic (exact) mass is 406 g/mol. The lowest BCUT2D eigenvalue weighted by atomic mass is 10.0. The second kappa shape index (κ2) is 18.5. The quantitative estimate of drug-likeness (QED) is 0.194. The summed E-state index contributed by atoms with van der Waals surface area (Å²) >= 11 is 0. The maximum Gasteiger partial charge on any atom is 0.305 e. The first-order valence-electron chi connectivity index (χ1n) is 11.7. The number of hydrogen-bond donors (Lipinski definition) is 0. The predicted molar refractivity (Wildman–Crippen MR) is 120 cm³/mol. The van der Waals surface area contributed by atoms with Gasteiger partial charge >= 0.3 is 5.97 Å². The van der Waals surface area contributed by atoms with Crippen LogP contribution >= 0.6 is 0 Å². The number of ether oxygens (including phenoxy) is 3. The van der Waals surface area contributed by atoms with E-state index in [-0.39, 0.29) is 5.97 Å². The van der Waals surface area contributed by atoms with Gasteiger partial charge in [-0.3, -0.25) is 4.79 Å². The third-order valence-electron chi connectivity index (χ3n) is 4.96. The molecule has 1 aromatic rings. The zero-order valence-electron chi connectivity index (χ0n) is 18.8. The number of carbonyl (C=O) groups is 1. The molecule has 0 heterocycles. The average molecular weight is 407 g/mol. The van der Waals surface area contributed by atoms with Crippen molar-refractivity contribution < 1.29 is 19.0 Å². The number of benzene rings is 1. The molecule has 0 spiro atoms. The van der Waals surface area contributed by atoms with Crippen molar-refractivity contribution in [2.75, 3.05) is 26.4 Å². The Hall–Kier alpha value is -1.55. The Balaban J connectivity index is 1.98. The van der Waals surface area contributed by atoms with Crippen molar-refractivity contribution in [2.45, 2.75) is 90.9 Å². The van der Waals surface area contributed by atoms with Crippen LogP contribution in [0.25, 0.3) is 0 Å². The van der Waals surface area contributed by atoms with Gasteiger partial charge in [0.05, 0.1) is 13.2 Å². The van der Waals surface area contributed by atoms with Gasteiger partial charge in [-0.05, 0) is 37.0 Å². The average Bonchev–Trinajstić information content (AvgIpc) is 2.73. The van der Waals surface area contributed by atoms with E-state index in [2.05, 4.69) is 26.0 Å². The van der Waals surface area contributed by atoms with Crippen molar-refractivity contribution in [3.05, 3.63) is 29.8 Å². The van der Waals surface area contributed by atoms with Gasteiger partial charge in [-0.15, -0.1) is 0 Å². The molecule has 0 amide bonds. The SMILES string of the molecule is CCCCCCCCCc1ccc(OCCOCCOC(=O)CCCCC)cc1. The Morgan fingerprint density at radius 1 is 0.724 bits per heavy atom. The molecule has 0 unspecified atom stereocenters. The first-order valence-corrected chi connectivity index (χ1v) is 11.7. The summed E-state index contributed by atoms with van der Waals surface area (Å²) in [7, 11) is 0. The Bertz CT molecular complexity index is 498. The molecular formula is C25H42O4. The van der Waals surface area contributed by atoms with Crippen LogP contribution in [0.4, 0.5) is 0 Å². The molecule has 0 aromatic heterocycles. The lowest BCUT2D eigenvalue weighted by Crippen LogP contribution is -2.13. The minimum Gasteiger partial charge on any atom is -0.491 e. The predicted octanol–water partition coefficient (Wildman–Crippen LogP) is 6.50. The number of aryl methyl sites for hydroxylation is 1. The molecule has 0 bridgehead atoms. The van der Waals surface area contributed by atoms with E-state index >= 15 is 0 Å². The molecule has 0 aliphatic rings. The highest BCUT2D eigenvalue weighted by atomic mass is 16.6. The molecule has 0 N–H and O–H groups in total. The number of hydrogen-bond acceptors (Lipinski definition) is 4. The van der Waals surface area contributed by atoms with Gasteiger partial charge in [-0.2, -0.15) is 0 Å². The second-order valence-electron chi connectivity index (χ2n) is 7.65. The van der Waals surface area contributed by atoms with Crippen molar-refractivity contribution >= 4 is 5.97 Å². The molecule has 166 valence electrons. The Morgan fingerprint density at radius 3 is 2.07 bits per heavy atom. The van der Waals surface area contributed by atoms with Crippen LogP contribution in [0.1, 0.15) is 90.0 Å². The van der Waals surface area contributed by atoms with E-state index in [0.29, 0.717) is 32.8 Å². The van der Waals surface area contributed by atoms with Gasteiger partial charge in [-0.25, -0.2) is 0 Å². The van der Waals surface area contributed by atoms with E-state index in [9.17, 15) is 4.79 Å². The summed E-state index contributed by atoms with van der Waals surface area (Å²) in [6.07, 6.45) is 14.1. The Morgan fingerprint density at radius 2 is 1.34 bits per heavy atom. The minimum absolute atomic E-state index is 0.130. The van der Waals surface area contributed by atoms with Crippen LogP contribution in [-0.4, -0.2) is 32.4 Å². The van der Waals surface area contributed by atoms with Gasteiger partial charge in [-0.1, -0.05) is 77.3 Å². The molecule has 29 heavy (non-hydrogen) atoms. The molecule has 0 aliphatic carbocycles. The van der Waals surface area contributed by atoms with E-state index in [4.69, 9.17) is 14.2 Å². The standard InChI is InChI=1S/C25H42O4/c1-3-5-7-8-9-10-12-13-23-15-17-24(18-16-23)28-21-19-27-20-22-29-25(26)14-11-6-4-2/h15-18H,3-14,19-22H2,1-2H3. The number of rotatable bonds is 19. The van der Waals surface area contributed by atoms with Crippen molar-refractivity contribution in [3.8, 4) is 5.75 Å². The van der Waals surface area contributed by atoms with Crippen LogP contribution in [0.5, 0.6) is 5.75 Å². The van der Waals surface area contributed by atoms with Gasteiger partial charge in [0, 0.05) is 6.42 Å². The summed E-state index contributed by atoms with van der Waals surface area (Å²) in [5, 5.41) is 0. The molecule has 0 aliphatic heterocycles. The van der Waals surface area contributed by atoms with E-state index in [1.165, 1.54) is 50.5 Å². The zero-order chi connectivity index (χ0) is 21.0. The van der Waals surface area contributed by atoms with Crippen molar-refractivity contribution in [3.63, 3.8) is 0 Å². The van der Waals surface area contributed by atoms with Crippen LogP contribution in [0, 0.1) is 0 Å². The summed E-state index contributed by atoms with van der Waals surface area (Å²) in [6.45, 7) is 6.11. The first kappa shape index (κ1) is 25.5. The molecular weight excluding hydrogens is 364 g/mol. The van der Waals surface area contributed by atoms with Gasteiger partial charge in [0.1, 0.15) is 19.0 Å². The van der Waals surface area contributed by atoms with Gasteiger partial charge in [0.25, 0.3) is 0 Å². The summed E-state index contributed by atoms with van der Waals surface area (Å²) < 4.78 is 16.3. The fourth-order valence-corrected chi connectivity index (χ4v) is 3.17. The van der Waals surface area contributed by atoms with Crippen molar-refractivity contribution in [1.82, 2.24) is 0 Å². The van der Waals surface area contributed by atoms with E-state index in [1.807, 2.05) is 12.1 Å². The lowest BCUT2D eigenvalue weighted by molar-refractivity contribution is -0.145. The van der Waals surface area contributed by atoms with Crippen LogP contribution in [0.2, 0.25) is 0 Å². The van der Waals surface area contributed by atoms with Gasteiger partial charge < -0.3 is 14.2 Å². The first-order chi connectivity index (χ1) is 14.3. The second-order valence-corrected chi connectivity index (χ2v) is 7.65. The fourth-order valence-electron chi connectivity index (χ4n) is 3.17. The van der Waals surface area contributed by atoms with Crippen molar-refractivity contribution in [2.24, 2.45) is 0 Å². The summed E-state index contributed by atoms with van der Waals surface area (Å²) in [5.74, 6) is 0.745. The lowest BCUT2D eigenvalue weighted by Gasteiger charge is -2.09. The summed E-state index contributed by atoms with van der Waals surface area (Å²) in [4.78, 5) is 11.5. The van der Waals surface area contributed by atoms with Crippen LogP contribution in [-0.2, 0) is 20.7 Å². The van der Waals surface area contributed by atoms with E-state index in [1.54, 1.807) is 0 Å². The Labute approximate surface area is 178 Å². The van der Waals surface area contributed by atoms with Crippen LogP contribution < -0.4 is 4.74 Å². The zero-order valence-corrected chi connectivity index (χ0v) is 18.8.